The van der Waals surface area contributed by atoms with Gasteiger partial charge in [0, 0.05) is 13.1 Å². The van der Waals surface area contributed by atoms with Crippen LogP contribution in [0.5, 0.6) is 0 Å². The van der Waals surface area contributed by atoms with E-state index in [0.717, 1.165) is 50.3 Å². The molecule has 0 saturated carbocycles. The zero-order valence-electron chi connectivity index (χ0n) is 16.3. The Kier molecular flexibility index (Phi) is 9.05. The maximum Gasteiger partial charge on any atom is 0.239 e. The van der Waals surface area contributed by atoms with Crippen LogP contribution in [0.3, 0.4) is 0 Å². The van der Waals surface area contributed by atoms with E-state index in [2.05, 4.69) is 45.9 Å². The molecule has 1 atom stereocenters. The van der Waals surface area contributed by atoms with Crippen LogP contribution in [0.4, 0.5) is 0 Å². The van der Waals surface area contributed by atoms with Crippen molar-refractivity contribution in [1.29, 1.82) is 0 Å². The minimum absolute atomic E-state index is 0.106. The first-order chi connectivity index (χ1) is 11.5. The number of amides is 1. The number of carbonyl (C=O) groups excluding carboxylic acids is 1. The maximum absolute atomic E-state index is 12.6. The minimum atomic E-state index is -0.436. The van der Waals surface area contributed by atoms with Crippen molar-refractivity contribution in [3.63, 3.8) is 0 Å². The molecule has 3 heteroatoms. The lowest BCUT2D eigenvalue weighted by Crippen LogP contribution is -2.47. The molecule has 0 bridgehead atoms. The van der Waals surface area contributed by atoms with Gasteiger partial charge in [-0.2, -0.15) is 0 Å². The van der Waals surface area contributed by atoms with Crippen LogP contribution in [-0.4, -0.2) is 29.9 Å². The normalized spacial score (nSPS) is 19.6. The average Bonchev–Trinajstić information content (AvgIpc) is 2.60. The van der Waals surface area contributed by atoms with E-state index in [1.54, 1.807) is 0 Å². The zero-order valence-corrected chi connectivity index (χ0v) is 16.3. The Morgan fingerprint density at radius 3 is 2.17 bits per heavy atom. The van der Waals surface area contributed by atoms with Crippen molar-refractivity contribution in [2.24, 2.45) is 11.7 Å². The van der Waals surface area contributed by atoms with E-state index in [0.29, 0.717) is 6.42 Å². The Labute approximate surface area is 148 Å². The molecule has 0 radical (unpaired) electrons. The summed E-state index contributed by atoms with van der Waals surface area (Å²) in [5.41, 5.74) is 10.1. The van der Waals surface area contributed by atoms with Gasteiger partial charge in [-0.15, -0.1) is 0 Å². The molecule has 0 aliphatic carbocycles. The van der Waals surface area contributed by atoms with Gasteiger partial charge in [-0.05, 0) is 68.6 Å². The fourth-order valence-electron chi connectivity index (χ4n) is 3.33. The number of nitrogens with zero attached hydrogens (tertiary/aromatic N) is 1. The van der Waals surface area contributed by atoms with Crippen LogP contribution in [-0.2, 0) is 4.79 Å². The molecule has 2 N–H and O–H groups in total. The Morgan fingerprint density at radius 1 is 1.12 bits per heavy atom. The van der Waals surface area contributed by atoms with Gasteiger partial charge in [0.05, 0.1) is 6.04 Å². The Hall–Kier alpha value is -1.35. The molecule has 0 aromatic heterocycles. The van der Waals surface area contributed by atoms with Gasteiger partial charge >= 0.3 is 0 Å². The summed E-state index contributed by atoms with van der Waals surface area (Å²) in [6.45, 7) is 12.4. The van der Waals surface area contributed by atoms with Crippen molar-refractivity contribution >= 4 is 5.91 Å². The molecular formula is C21H36N2O. The quantitative estimate of drug-likeness (QED) is 0.692. The second kappa shape index (κ2) is 10.5. The lowest BCUT2D eigenvalue weighted by molar-refractivity contribution is -0.133. The fourth-order valence-corrected chi connectivity index (χ4v) is 3.33. The van der Waals surface area contributed by atoms with Crippen LogP contribution in [0.15, 0.2) is 34.9 Å². The van der Waals surface area contributed by atoms with Crippen molar-refractivity contribution in [2.45, 2.75) is 72.8 Å². The van der Waals surface area contributed by atoms with E-state index in [1.165, 1.54) is 11.1 Å². The summed E-state index contributed by atoms with van der Waals surface area (Å²) < 4.78 is 0. The summed E-state index contributed by atoms with van der Waals surface area (Å²) in [7, 11) is 0. The number of carbonyl (C=O) groups is 1. The molecule has 1 aliphatic rings. The number of allylic oxidation sites excluding steroid dienone is 5. The third-order valence-corrected chi connectivity index (χ3v) is 5.12. The lowest BCUT2D eigenvalue weighted by atomic mass is 9.95. The molecule has 0 unspecified atom stereocenters. The zero-order chi connectivity index (χ0) is 18.1. The van der Waals surface area contributed by atoms with Crippen LogP contribution in [0.2, 0.25) is 0 Å². The van der Waals surface area contributed by atoms with Crippen molar-refractivity contribution in [1.82, 2.24) is 4.90 Å². The van der Waals surface area contributed by atoms with E-state index in [1.807, 2.05) is 11.8 Å². The largest absolute Gasteiger partial charge is 0.341 e. The molecule has 1 heterocycles. The maximum atomic E-state index is 12.6. The predicted molar refractivity (Wildman–Crippen MR) is 104 cm³/mol. The van der Waals surface area contributed by atoms with Gasteiger partial charge in [0.1, 0.15) is 0 Å². The highest BCUT2D eigenvalue weighted by atomic mass is 16.2. The van der Waals surface area contributed by atoms with E-state index in [-0.39, 0.29) is 5.91 Å². The van der Waals surface area contributed by atoms with E-state index >= 15 is 0 Å². The Bertz CT molecular complexity index is 494. The van der Waals surface area contributed by atoms with E-state index in [4.69, 9.17) is 5.73 Å². The van der Waals surface area contributed by atoms with Crippen molar-refractivity contribution < 1.29 is 4.79 Å². The topological polar surface area (TPSA) is 46.3 Å². The molecule has 1 fully saturated rings. The lowest BCUT2D eigenvalue weighted by Gasteiger charge is -2.32. The van der Waals surface area contributed by atoms with E-state index in [9.17, 15) is 4.79 Å². The second-order valence-corrected chi connectivity index (χ2v) is 6.87. The molecule has 136 valence electrons. The van der Waals surface area contributed by atoms with Gasteiger partial charge in [-0.1, -0.05) is 39.0 Å². The molecule has 3 nitrogen and oxygen atoms in total. The van der Waals surface area contributed by atoms with Gasteiger partial charge in [0.2, 0.25) is 5.91 Å². The summed E-state index contributed by atoms with van der Waals surface area (Å²) in [5.74, 6) is 0.828. The third-order valence-electron chi connectivity index (χ3n) is 5.12. The van der Waals surface area contributed by atoms with Gasteiger partial charge in [-0.25, -0.2) is 0 Å². The number of rotatable bonds is 7. The highest BCUT2D eigenvalue weighted by Gasteiger charge is 2.25. The smallest absolute Gasteiger partial charge is 0.239 e. The first-order valence-electron chi connectivity index (χ1n) is 9.52. The molecule has 1 rings (SSSR count). The second-order valence-electron chi connectivity index (χ2n) is 6.87. The first-order valence-corrected chi connectivity index (χ1v) is 9.52. The highest BCUT2D eigenvalue weighted by molar-refractivity contribution is 5.82. The standard InChI is InChI=1S/C21H36N2O/c1-6-17(14-19(9-4)18(7-2)8-3)15-20(22)21(24)23-12-10-16(5)11-13-23/h6-7,14,16,20H,8-13,15,22H2,1-5H3/b17-6+,18-7-,19-14-/t20-/m1/s1. The van der Waals surface area contributed by atoms with Crippen LogP contribution >= 0.6 is 0 Å². The number of likely N-dealkylation sites (tertiary alicyclic amines) is 1. The molecule has 24 heavy (non-hydrogen) atoms. The van der Waals surface area contributed by atoms with Gasteiger partial charge in [0.15, 0.2) is 0 Å². The molecule has 0 aromatic rings. The Balaban J connectivity index is 2.75. The van der Waals surface area contributed by atoms with Crippen molar-refractivity contribution in [2.75, 3.05) is 13.1 Å². The van der Waals surface area contributed by atoms with E-state index < -0.39 is 6.04 Å². The fraction of sp³-hybridized carbons (Fsp3) is 0.667. The molecule has 1 saturated heterocycles. The van der Waals surface area contributed by atoms with Crippen LogP contribution in [0, 0.1) is 5.92 Å². The average molecular weight is 333 g/mol. The number of piperidine rings is 1. The van der Waals surface area contributed by atoms with Crippen molar-refractivity contribution in [3.8, 4) is 0 Å². The minimum Gasteiger partial charge on any atom is -0.341 e. The molecular weight excluding hydrogens is 296 g/mol. The summed E-state index contributed by atoms with van der Waals surface area (Å²) in [4.78, 5) is 14.5. The number of hydrogen-bond donors (Lipinski definition) is 1. The summed E-state index contributed by atoms with van der Waals surface area (Å²) in [6, 6.07) is -0.436. The predicted octanol–water partition coefficient (Wildman–Crippen LogP) is 4.60. The van der Waals surface area contributed by atoms with Crippen molar-refractivity contribution in [3.05, 3.63) is 34.9 Å². The van der Waals surface area contributed by atoms with Gasteiger partial charge < -0.3 is 10.6 Å². The van der Waals surface area contributed by atoms with Gasteiger partial charge in [-0.3, -0.25) is 4.79 Å². The number of hydrogen-bond acceptors (Lipinski definition) is 2. The SMILES string of the molecule is C\C=C(/C=C(CC)\C(=C/C)CC)C[C@@H](N)C(=O)N1CCC(C)CC1. The van der Waals surface area contributed by atoms with Crippen LogP contribution in [0.25, 0.3) is 0 Å². The van der Waals surface area contributed by atoms with Crippen LogP contribution < -0.4 is 5.73 Å². The molecule has 1 amide bonds. The summed E-state index contributed by atoms with van der Waals surface area (Å²) in [5, 5.41) is 0. The summed E-state index contributed by atoms with van der Waals surface area (Å²) in [6.07, 6.45) is 11.3. The summed E-state index contributed by atoms with van der Waals surface area (Å²) >= 11 is 0. The Morgan fingerprint density at radius 2 is 1.71 bits per heavy atom. The van der Waals surface area contributed by atoms with Gasteiger partial charge in [0.25, 0.3) is 0 Å². The molecule has 0 spiro atoms. The monoisotopic (exact) mass is 332 g/mol. The first kappa shape index (κ1) is 20.7. The third kappa shape index (κ3) is 5.94. The molecule has 0 aromatic carbocycles. The highest BCUT2D eigenvalue weighted by Crippen LogP contribution is 2.22. The number of nitrogens with two attached hydrogens (primary N) is 1. The molecule has 1 aliphatic heterocycles. The van der Waals surface area contributed by atoms with Crippen LogP contribution in [0.1, 0.15) is 66.7 Å².